The number of guanidine groups is 1. The highest BCUT2D eigenvalue weighted by Crippen LogP contribution is 2.04. The monoisotopic (exact) mass is 348 g/mol. The zero-order chi connectivity index (χ0) is 18.5. The standard InChI is InChI=1S/C19H32N4O2/c1-5-21-18(24)17-8-6-16(7-9-17)14-23-19(20-4)22-11-13-25-12-10-15(2)3/h6-9,15H,5,10-14H2,1-4H3,(H,21,24)(H2,20,22,23). The molecule has 0 saturated heterocycles. The second-order valence-corrected chi connectivity index (χ2v) is 6.20. The van der Waals surface area contributed by atoms with Crippen molar-refractivity contribution >= 4 is 11.9 Å². The van der Waals surface area contributed by atoms with Crippen LogP contribution in [0.3, 0.4) is 0 Å². The van der Waals surface area contributed by atoms with Gasteiger partial charge in [0, 0.05) is 38.9 Å². The zero-order valence-electron chi connectivity index (χ0n) is 15.9. The zero-order valence-corrected chi connectivity index (χ0v) is 15.9. The highest BCUT2D eigenvalue weighted by Gasteiger charge is 2.04. The summed E-state index contributed by atoms with van der Waals surface area (Å²) in [5.74, 6) is 1.36. The van der Waals surface area contributed by atoms with Crippen LogP contribution in [-0.2, 0) is 11.3 Å². The van der Waals surface area contributed by atoms with Gasteiger partial charge in [-0.25, -0.2) is 0 Å². The number of carbonyl (C=O) groups is 1. The van der Waals surface area contributed by atoms with Gasteiger partial charge in [0.15, 0.2) is 5.96 Å². The van der Waals surface area contributed by atoms with Crippen molar-refractivity contribution in [2.24, 2.45) is 10.9 Å². The third-order valence-electron chi connectivity index (χ3n) is 3.62. The Morgan fingerprint density at radius 2 is 1.84 bits per heavy atom. The summed E-state index contributed by atoms with van der Waals surface area (Å²) in [7, 11) is 1.74. The highest BCUT2D eigenvalue weighted by molar-refractivity contribution is 5.94. The molecule has 25 heavy (non-hydrogen) atoms. The molecule has 0 aliphatic carbocycles. The average Bonchev–Trinajstić information content (AvgIpc) is 2.61. The minimum Gasteiger partial charge on any atom is -0.380 e. The second kappa shape index (κ2) is 12.3. The topological polar surface area (TPSA) is 74.8 Å². The van der Waals surface area contributed by atoms with Crippen molar-refractivity contribution in [2.45, 2.75) is 33.7 Å². The molecule has 0 atom stereocenters. The van der Waals surface area contributed by atoms with Gasteiger partial charge in [-0.15, -0.1) is 0 Å². The predicted molar refractivity (Wildman–Crippen MR) is 103 cm³/mol. The van der Waals surface area contributed by atoms with Gasteiger partial charge in [-0.3, -0.25) is 9.79 Å². The number of carbonyl (C=O) groups excluding carboxylic acids is 1. The summed E-state index contributed by atoms with van der Waals surface area (Å²) < 4.78 is 5.57. The van der Waals surface area contributed by atoms with E-state index in [1.165, 1.54) is 0 Å². The van der Waals surface area contributed by atoms with Crippen LogP contribution >= 0.6 is 0 Å². The minimum absolute atomic E-state index is 0.0445. The number of hydrogen-bond donors (Lipinski definition) is 3. The van der Waals surface area contributed by atoms with Gasteiger partial charge in [-0.1, -0.05) is 26.0 Å². The maximum Gasteiger partial charge on any atom is 0.251 e. The fraction of sp³-hybridized carbons (Fsp3) is 0.579. The lowest BCUT2D eigenvalue weighted by Gasteiger charge is -2.13. The van der Waals surface area contributed by atoms with Gasteiger partial charge in [0.2, 0.25) is 0 Å². The Morgan fingerprint density at radius 1 is 1.12 bits per heavy atom. The summed E-state index contributed by atoms with van der Waals surface area (Å²) in [5.41, 5.74) is 1.76. The Hall–Kier alpha value is -2.08. The smallest absolute Gasteiger partial charge is 0.251 e. The molecule has 1 aromatic rings. The fourth-order valence-corrected chi connectivity index (χ4v) is 2.11. The second-order valence-electron chi connectivity index (χ2n) is 6.20. The van der Waals surface area contributed by atoms with E-state index in [0.717, 1.165) is 24.6 Å². The first kappa shape index (κ1) is 21.0. The summed E-state index contributed by atoms with van der Waals surface area (Å²) in [6.07, 6.45) is 1.08. The van der Waals surface area contributed by atoms with E-state index in [9.17, 15) is 4.79 Å². The van der Waals surface area contributed by atoms with Crippen molar-refractivity contribution < 1.29 is 9.53 Å². The van der Waals surface area contributed by atoms with Crippen LogP contribution in [0.2, 0.25) is 0 Å². The highest BCUT2D eigenvalue weighted by atomic mass is 16.5. The van der Waals surface area contributed by atoms with Crippen LogP contribution in [0, 0.1) is 5.92 Å². The molecule has 3 N–H and O–H groups in total. The summed E-state index contributed by atoms with van der Waals surface area (Å²) in [6, 6.07) is 7.56. The molecule has 0 aliphatic rings. The molecule has 0 unspecified atom stereocenters. The lowest BCUT2D eigenvalue weighted by molar-refractivity contribution is 0.0956. The quantitative estimate of drug-likeness (QED) is 0.344. The predicted octanol–water partition coefficient (Wildman–Crippen LogP) is 2.16. The Kier molecular flexibility index (Phi) is 10.3. The molecule has 1 aromatic carbocycles. The van der Waals surface area contributed by atoms with Gasteiger partial charge in [0.05, 0.1) is 6.61 Å². The average molecular weight is 348 g/mol. The van der Waals surface area contributed by atoms with Gasteiger partial charge < -0.3 is 20.7 Å². The molecular formula is C19H32N4O2. The summed E-state index contributed by atoms with van der Waals surface area (Å²) in [6.45, 7) is 9.73. The molecule has 0 aliphatic heterocycles. The molecule has 1 rings (SSSR count). The van der Waals surface area contributed by atoms with Crippen LogP contribution in [0.15, 0.2) is 29.3 Å². The Balaban J connectivity index is 2.29. The molecule has 0 saturated carbocycles. The van der Waals surface area contributed by atoms with Crippen molar-refractivity contribution in [1.29, 1.82) is 0 Å². The number of nitrogens with one attached hydrogen (secondary N) is 3. The third kappa shape index (κ3) is 9.10. The van der Waals surface area contributed by atoms with Crippen molar-refractivity contribution in [3.63, 3.8) is 0 Å². The van der Waals surface area contributed by atoms with Gasteiger partial charge in [0.25, 0.3) is 5.91 Å². The van der Waals surface area contributed by atoms with Gasteiger partial charge in [0.1, 0.15) is 0 Å². The Labute approximate surface area is 151 Å². The molecule has 0 heterocycles. The number of aliphatic imine (C=N–C) groups is 1. The molecule has 140 valence electrons. The molecule has 0 radical (unpaired) electrons. The molecule has 0 fully saturated rings. The van der Waals surface area contributed by atoms with Crippen LogP contribution in [0.5, 0.6) is 0 Å². The number of nitrogens with zero attached hydrogens (tertiary/aromatic N) is 1. The number of amides is 1. The van der Waals surface area contributed by atoms with Crippen molar-refractivity contribution in [2.75, 3.05) is 33.4 Å². The van der Waals surface area contributed by atoms with Crippen molar-refractivity contribution in [3.8, 4) is 0 Å². The molecule has 6 heteroatoms. The third-order valence-corrected chi connectivity index (χ3v) is 3.62. The molecule has 0 bridgehead atoms. The maximum absolute atomic E-state index is 11.7. The SMILES string of the molecule is CCNC(=O)c1ccc(CNC(=NC)NCCOCCC(C)C)cc1. The Morgan fingerprint density at radius 3 is 2.44 bits per heavy atom. The van der Waals surface area contributed by atoms with Gasteiger partial charge in [-0.05, 0) is 37.0 Å². The fourth-order valence-electron chi connectivity index (χ4n) is 2.11. The van der Waals surface area contributed by atoms with Crippen LogP contribution in [0.1, 0.15) is 43.1 Å². The normalized spacial score (nSPS) is 11.5. The summed E-state index contributed by atoms with van der Waals surface area (Å²) in [4.78, 5) is 15.9. The van der Waals surface area contributed by atoms with E-state index in [1.807, 2.05) is 31.2 Å². The Bertz CT molecular complexity index is 527. The van der Waals surface area contributed by atoms with Gasteiger partial charge >= 0.3 is 0 Å². The summed E-state index contributed by atoms with van der Waals surface area (Å²) >= 11 is 0. The lowest BCUT2D eigenvalue weighted by Crippen LogP contribution is -2.38. The van der Waals surface area contributed by atoms with E-state index in [0.29, 0.717) is 37.7 Å². The molecule has 1 amide bonds. The van der Waals surface area contributed by atoms with E-state index in [1.54, 1.807) is 7.05 Å². The van der Waals surface area contributed by atoms with Crippen molar-refractivity contribution in [3.05, 3.63) is 35.4 Å². The molecule has 0 spiro atoms. The van der Waals surface area contributed by atoms with E-state index >= 15 is 0 Å². The number of rotatable bonds is 10. The summed E-state index contributed by atoms with van der Waals surface area (Å²) in [5, 5.41) is 9.26. The number of hydrogen-bond acceptors (Lipinski definition) is 3. The molecule has 0 aromatic heterocycles. The van der Waals surface area contributed by atoms with Crippen LogP contribution in [0.4, 0.5) is 0 Å². The van der Waals surface area contributed by atoms with Crippen LogP contribution in [-0.4, -0.2) is 45.2 Å². The van der Waals surface area contributed by atoms with E-state index in [2.05, 4.69) is 34.8 Å². The van der Waals surface area contributed by atoms with Crippen molar-refractivity contribution in [1.82, 2.24) is 16.0 Å². The number of ether oxygens (including phenoxy) is 1. The molecular weight excluding hydrogens is 316 g/mol. The minimum atomic E-state index is -0.0445. The largest absolute Gasteiger partial charge is 0.380 e. The first-order chi connectivity index (χ1) is 12.1. The lowest BCUT2D eigenvalue weighted by atomic mass is 10.1. The first-order valence-corrected chi connectivity index (χ1v) is 8.96. The van der Waals surface area contributed by atoms with E-state index < -0.39 is 0 Å². The van der Waals surface area contributed by atoms with Crippen LogP contribution in [0.25, 0.3) is 0 Å². The molecule has 6 nitrogen and oxygen atoms in total. The van der Waals surface area contributed by atoms with Gasteiger partial charge in [-0.2, -0.15) is 0 Å². The maximum atomic E-state index is 11.7. The first-order valence-electron chi connectivity index (χ1n) is 8.96. The van der Waals surface area contributed by atoms with Crippen LogP contribution < -0.4 is 16.0 Å². The number of benzene rings is 1. The van der Waals surface area contributed by atoms with E-state index in [4.69, 9.17) is 4.74 Å². The van der Waals surface area contributed by atoms with E-state index in [-0.39, 0.29) is 5.91 Å².